The van der Waals surface area contributed by atoms with E-state index in [0.717, 1.165) is 29.7 Å². The van der Waals surface area contributed by atoms with Gasteiger partial charge in [-0.05, 0) is 49.6 Å². The molecule has 2 amide bonds. The molecule has 0 saturated carbocycles. The van der Waals surface area contributed by atoms with Gasteiger partial charge in [0.05, 0.1) is 12.1 Å². The van der Waals surface area contributed by atoms with Gasteiger partial charge in [-0.25, -0.2) is 19.6 Å². The molecular weight excluding hydrogens is 637 g/mol. The van der Waals surface area contributed by atoms with Crippen LogP contribution in [0.3, 0.4) is 0 Å². The normalized spacial score (nSPS) is 15.2. The SMILES string of the molecule is CCNC(=O)Nc1cc(-c2nc(C(F)(F)F)cs2)c(-c2ccc3c(c2)c(=O)c(C(=O)O)cn3CC2CCN(CCO)C2)cn1.Cl. The van der Waals surface area contributed by atoms with Gasteiger partial charge in [0.2, 0.25) is 5.43 Å². The first kappa shape index (κ1) is 33.8. The number of anilines is 1. The Hall–Kier alpha value is -4.05. The van der Waals surface area contributed by atoms with Gasteiger partial charge >= 0.3 is 18.2 Å². The van der Waals surface area contributed by atoms with Crippen molar-refractivity contribution in [1.82, 2.24) is 24.8 Å². The van der Waals surface area contributed by atoms with Crippen molar-refractivity contribution in [3.05, 3.63) is 63.5 Å². The quantitative estimate of drug-likeness (QED) is 0.199. The van der Waals surface area contributed by atoms with Crippen LogP contribution in [0.4, 0.5) is 23.8 Å². The minimum absolute atomic E-state index is 0. The van der Waals surface area contributed by atoms with Gasteiger partial charge in [0.25, 0.3) is 0 Å². The number of alkyl halides is 3. The number of likely N-dealkylation sites (tertiary alicyclic amines) is 1. The fourth-order valence-corrected chi connectivity index (χ4v) is 6.19. The molecule has 11 nitrogen and oxygen atoms in total. The molecule has 45 heavy (non-hydrogen) atoms. The number of nitrogens with one attached hydrogen (secondary N) is 2. The van der Waals surface area contributed by atoms with E-state index < -0.39 is 34.9 Å². The molecule has 4 N–H and O–H groups in total. The average Bonchev–Trinajstić information content (AvgIpc) is 3.65. The first-order valence-corrected chi connectivity index (χ1v) is 14.7. The maximum atomic E-state index is 13.4. The van der Waals surface area contributed by atoms with Crippen LogP contribution in [0.15, 0.2) is 46.8 Å². The highest BCUT2D eigenvalue weighted by Crippen LogP contribution is 2.39. The third-order valence-corrected chi connectivity index (χ3v) is 8.25. The van der Waals surface area contributed by atoms with Crippen molar-refractivity contribution in [3.8, 4) is 21.7 Å². The van der Waals surface area contributed by atoms with Crippen molar-refractivity contribution in [2.24, 2.45) is 5.92 Å². The Balaban J connectivity index is 0.00000461. The van der Waals surface area contributed by atoms with E-state index in [1.807, 2.05) is 0 Å². The summed E-state index contributed by atoms with van der Waals surface area (Å²) in [5.74, 6) is -1.14. The van der Waals surface area contributed by atoms with E-state index in [4.69, 9.17) is 0 Å². The number of carbonyl (C=O) groups excluding carboxylic acids is 1. The Kier molecular flexibility index (Phi) is 10.5. The summed E-state index contributed by atoms with van der Waals surface area (Å²) in [7, 11) is 0. The van der Waals surface area contributed by atoms with Crippen LogP contribution >= 0.6 is 23.7 Å². The summed E-state index contributed by atoms with van der Waals surface area (Å²) >= 11 is 0.763. The highest BCUT2D eigenvalue weighted by molar-refractivity contribution is 7.13. The molecule has 0 aliphatic carbocycles. The maximum Gasteiger partial charge on any atom is 0.434 e. The molecule has 240 valence electrons. The zero-order chi connectivity index (χ0) is 31.6. The summed E-state index contributed by atoms with van der Waals surface area (Å²) in [5, 5.41) is 25.2. The Morgan fingerprint density at radius 3 is 2.64 bits per heavy atom. The van der Waals surface area contributed by atoms with Gasteiger partial charge in [0, 0.05) is 60.5 Å². The summed E-state index contributed by atoms with van der Waals surface area (Å²) in [6.45, 7) is 4.61. The zero-order valence-corrected chi connectivity index (χ0v) is 25.6. The van der Waals surface area contributed by atoms with E-state index in [1.165, 1.54) is 24.5 Å². The van der Waals surface area contributed by atoms with Crippen LogP contribution in [0.5, 0.6) is 0 Å². The molecule has 5 rings (SSSR count). The standard InChI is InChI=1S/C29H29F3N6O5S.ClH/c1-2-33-28(43)36-24-10-18(26-35-23(15-44-26)29(30,31)32)20(11-34-24)17-3-4-22-19(9-17)25(40)21(27(41)42)14-38(22)13-16-5-6-37(12-16)7-8-39;/h3-4,9-11,14-16,39H,2,5-8,12-13H2,1H3,(H,41,42)(H2,33,34,36,43);1H. The van der Waals surface area contributed by atoms with Gasteiger partial charge in [-0.3, -0.25) is 10.1 Å². The fraction of sp³-hybridized carbons (Fsp3) is 0.345. The predicted octanol–water partition coefficient (Wildman–Crippen LogP) is 4.78. The predicted molar refractivity (Wildman–Crippen MR) is 166 cm³/mol. The van der Waals surface area contributed by atoms with E-state index in [0.29, 0.717) is 42.8 Å². The second-order valence-electron chi connectivity index (χ2n) is 10.4. The van der Waals surface area contributed by atoms with Gasteiger partial charge in [-0.2, -0.15) is 13.2 Å². The highest BCUT2D eigenvalue weighted by Gasteiger charge is 2.34. The van der Waals surface area contributed by atoms with Gasteiger partial charge in [0.1, 0.15) is 16.4 Å². The molecule has 1 atom stereocenters. The highest BCUT2D eigenvalue weighted by atomic mass is 35.5. The van der Waals surface area contributed by atoms with Gasteiger partial charge in [-0.15, -0.1) is 23.7 Å². The number of carboxylic acid groups (broad SMARTS) is 1. The summed E-state index contributed by atoms with van der Waals surface area (Å²) in [5.41, 5.74) is -0.715. The smallest absolute Gasteiger partial charge is 0.434 e. The first-order chi connectivity index (χ1) is 21.0. The Morgan fingerprint density at radius 1 is 1.20 bits per heavy atom. The van der Waals surface area contributed by atoms with Crippen molar-refractivity contribution in [2.75, 3.05) is 38.1 Å². The van der Waals surface area contributed by atoms with Crippen molar-refractivity contribution in [1.29, 1.82) is 0 Å². The third-order valence-electron chi connectivity index (χ3n) is 7.37. The minimum atomic E-state index is -4.67. The number of nitrogens with zero attached hydrogens (tertiary/aromatic N) is 4. The molecule has 1 saturated heterocycles. The van der Waals surface area contributed by atoms with E-state index in [1.54, 1.807) is 23.6 Å². The maximum absolute atomic E-state index is 13.4. The zero-order valence-electron chi connectivity index (χ0n) is 23.9. The molecule has 0 radical (unpaired) electrons. The van der Waals surface area contributed by atoms with Crippen molar-refractivity contribution in [3.63, 3.8) is 0 Å². The number of amides is 2. The number of benzene rings is 1. The van der Waals surface area contributed by atoms with Crippen LogP contribution in [0.25, 0.3) is 32.6 Å². The summed E-state index contributed by atoms with van der Waals surface area (Å²) < 4.78 is 42.0. The second-order valence-corrected chi connectivity index (χ2v) is 11.2. The van der Waals surface area contributed by atoms with Crippen molar-refractivity contribution >= 4 is 52.5 Å². The molecule has 0 bridgehead atoms. The largest absolute Gasteiger partial charge is 0.477 e. The fourth-order valence-electron chi connectivity index (χ4n) is 5.33. The van der Waals surface area contributed by atoms with E-state index >= 15 is 0 Å². The van der Waals surface area contributed by atoms with E-state index in [9.17, 15) is 37.8 Å². The molecule has 4 aromatic rings. The average molecular weight is 667 g/mol. The number of rotatable bonds is 9. The summed E-state index contributed by atoms with van der Waals surface area (Å²) in [4.78, 5) is 47.7. The third kappa shape index (κ3) is 7.44. The van der Waals surface area contributed by atoms with Crippen LogP contribution < -0.4 is 16.1 Å². The van der Waals surface area contributed by atoms with Crippen molar-refractivity contribution < 1.29 is 33.0 Å². The second kappa shape index (κ2) is 13.9. The number of hydrogen-bond donors (Lipinski definition) is 4. The number of pyridine rings is 2. The number of aliphatic hydroxyl groups excluding tert-OH is 1. The topological polar surface area (TPSA) is 150 Å². The lowest BCUT2D eigenvalue weighted by Crippen LogP contribution is -2.28. The molecule has 0 spiro atoms. The van der Waals surface area contributed by atoms with Crippen LogP contribution in [-0.4, -0.2) is 74.4 Å². The Bertz CT molecular complexity index is 1780. The van der Waals surface area contributed by atoms with Gasteiger partial charge < -0.3 is 25.0 Å². The number of thiazole rings is 1. The number of hydrogen-bond acceptors (Lipinski definition) is 8. The number of aromatic carboxylic acids is 1. The van der Waals surface area contributed by atoms with E-state index in [2.05, 4.69) is 25.5 Å². The van der Waals surface area contributed by atoms with Crippen LogP contribution in [-0.2, 0) is 12.7 Å². The molecule has 4 heterocycles. The number of carbonyl (C=O) groups is 2. The molecule has 1 fully saturated rings. The lowest BCUT2D eigenvalue weighted by atomic mass is 9.99. The minimum Gasteiger partial charge on any atom is -0.477 e. The van der Waals surface area contributed by atoms with Crippen molar-refractivity contribution in [2.45, 2.75) is 26.1 Å². The van der Waals surface area contributed by atoms with Crippen LogP contribution in [0.2, 0.25) is 0 Å². The number of β-amino-alcohol motifs (C(OH)–C–C–N with tert-alkyl or cyclic N) is 1. The molecule has 1 aliphatic rings. The number of halogens is 4. The number of aliphatic hydroxyl groups is 1. The lowest BCUT2D eigenvalue weighted by molar-refractivity contribution is -0.140. The van der Waals surface area contributed by atoms with Gasteiger partial charge in [-0.1, -0.05) is 6.07 Å². The number of urea groups is 1. The first-order valence-electron chi connectivity index (χ1n) is 13.8. The molecule has 3 aromatic heterocycles. The summed E-state index contributed by atoms with van der Waals surface area (Å²) in [6, 6.07) is 5.71. The number of aromatic nitrogens is 3. The van der Waals surface area contributed by atoms with Crippen LogP contribution in [0.1, 0.15) is 29.4 Å². The molecule has 16 heteroatoms. The van der Waals surface area contributed by atoms with E-state index in [-0.39, 0.29) is 46.7 Å². The molecular formula is C29H30ClF3N6O5S. The molecule has 1 aliphatic heterocycles. The van der Waals surface area contributed by atoms with Crippen LogP contribution in [0, 0.1) is 5.92 Å². The Labute approximate surface area is 265 Å². The summed E-state index contributed by atoms with van der Waals surface area (Å²) in [6.07, 6.45) is -1.13. The van der Waals surface area contributed by atoms with Gasteiger partial charge in [0.15, 0.2) is 5.69 Å². The molecule has 1 unspecified atom stereocenters. The molecule has 1 aromatic carbocycles. The number of carboxylic acids is 1. The number of fused-ring (bicyclic) bond motifs is 1. The lowest BCUT2D eigenvalue weighted by Gasteiger charge is -2.18. The monoisotopic (exact) mass is 666 g/mol. The Morgan fingerprint density at radius 2 is 1.98 bits per heavy atom.